The fourth-order valence-electron chi connectivity index (χ4n) is 1.59. The van der Waals surface area contributed by atoms with Gasteiger partial charge in [-0.1, -0.05) is 6.92 Å². The number of carbonyl (C=O) groups is 1. The van der Waals surface area contributed by atoms with E-state index in [0.29, 0.717) is 13.2 Å². The van der Waals surface area contributed by atoms with E-state index in [0.717, 1.165) is 19.3 Å². The van der Waals surface area contributed by atoms with Crippen molar-refractivity contribution in [1.82, 2.24) is 0 Å². The van der Waals surface area contributed by atoms with Crippen LogP contribution >= 0.6 is 0 Å². The lowest BCUT2D eigenvalue weighted by Gasteiger charge is -2.26. The van der Waals surface area contributed by atoms with Crippen LogP contribution < -0.4 is 5.73 Å². The minimum absolute atomic E-state index is 0.244. The van der Waals surface area contributed by atoms with E-state index in [-0.39, 0.29) is 18.5 Å². The van der Waals surface area contributed by atoms with Gasteiger partial charge in [0.05, 0.1) is 13.2 Å². The molecule has 2 N–H and O–H groups in total. The zero-order valence-corrected chi connectivity index (χ0v) is 9.62. The Morgan fingerprint density at radius 3 is 2.60 bits per heavy atom. The molecule has 1 rings (SSSR count). The summed E-state index contributed by atoms with van der Waals surface area (Å²) in [5.74, 6) is -0.0722. The summed E-state index contributed by atoms with van der Waals surface area (Å²) < 4.78 is 10.4. The van der Waals surface area contributed by atoms with Crippen molar-refractivity contribution >= 4 is 5.97 Å². The van der Waals surface area contributed by atoms with E-state index in [1.54, 1.807) is 6.92 Å². The van der Waals surface area contributed by atoms with E-state index in [9.17, 15) is 4.79 Å². The first-order valence-corrected chi connectivity index (χ1v) is 5.69. The van der Waals surface area contributed by atoms with Crippen LogP contribution in [0.3, 0.4) is 0 Å². The molecule has 1 atom stereocenters. The minimum Gasteiger partial charge on any atom is -0.465 e. The van der Waals surface area contributed by atoms with Crippen LogP contribution in [0, 0.1) is 5.92 Å². The summed E-state index contributed by atoms with van der Waals surface area (Å²) in [6.07, 6.45) is 2.94. The molecule has 1 unspecified atom stereocenters. The van der Waals surface area contributed by atoms with Crippen molar-refractivity contribution in [3.8, 4) is 0 Å². The Bertz CT molecular complexity index is 216. The summed E-state index contributed by atoms with van der Waals surface area (Å²) in [5, 5.41) is 0. The minimum atomic E-state index is -0.912. The highest BCUT2D eigenvalue weighted by molar-refractivity contribution is 5.81. The van der Waals surface area contributed by atoms with Crippen LogP contribution in [0.4, 0.5) is 0 Å². The molecule has 0 aliphatic heterocycles. The first kappa shape index (κ1) is 12.5. The molecular weight excluding hydrogens is 194 g/mol. The Morgan fingerprint density at radius 1 is 1.47 bits per heavy atom. The van der Waals surface area contributed by atoms with Crippen molar-refractivity contribution < 1.29 is 14.3 Å². The van der Waals surface area contributed by atoms with Gasteiger partial charge < -0.3 is 15.2 Å². The third-order valence-electron chi connectivity index (χ3n) is 2.65. The molecule has 0 aromatic rings. The van der Waals surface area contributed by atoms with Crippen LogP contribution in [-0.4, -0.2) is 31.3 Å². The maximum atomic E-state index is 11.7. The van der Waals surface area contributed by atoms with Gasteiger partial charge in [0.1, 0.15) is 5.54 Å². The molecule has 0 aromatic carbocycles. The predicted octanol–water partition coefficient (Wildman–Crippen LogP) is 1.08. The van der Waals surface area contributed by atoms with Crippen LogP contribution in [0.2, 0.25) is 0 Å². The maximum absolute atomic E-state index is 11.7. The van der Waals surface area contributed by atoms with Gasteiger partial charge in [0.25, 0.3) is 0 Å². The summed E-state index contributed by atoms with van der Waals surface area (Å²) in [6.45, 7) is 5.12. The molecule has 88 valence electrons. The lowest BCUT2D eigenvalue weighted by molar-refractivity contribution is -0.153. The van der Waals surface area contributed by atoms with E-state index >= 15 is 0 Å². The van der Waals surface area contributed by atoms with E-state index in [1.807, 2.05) is 6.92 Å². The van der Waals surface area contributed by atoms with E-state index in [4.69, 9.17) is 15.2 Å². The summed E-state index contributed by atoms with van der Waals surface area (Å²) in [7, 11) is 0. The molecule has 0 aromatic heterocycles. The monoisotopic (exact) mass is 215 g/mol. The van der Waals surface area contributed by atoms with Crippen LogP contribution in [0.15, 0.2) is 0 Å². The second-order valence-electron chi connectivity index (χ2n) is 4.09. The van der Waals surface area contributed by atoms with Gasteiger partial charge >= 0.3 is 5.97 Å². The summed E-state index contributed by atoms with van der Waals surface area (Å²) in [4.78, 5) is 11.7. The second-order valence-corrected chi connectivity index (χ2v) is 4.09. The number of rotatable bonds is 7. The molecule has 0 heterocycles. The van der Waals surface area contributed by atoms with Gasteiger partial charge in [0.2, 0.25) is 0 Å². The van der Waals surface area contributed by atoms with Crippen molar-refractivity contribution in [2.24, 2.45) is 11.7 Å². The molecule has 0 spiro atoms. The first-order chi connectivity index (χ1) is 7.15. The van der Waals surface area contributed by atoms with Crippen LogP contribution in [-0.2, 0) is 14.3 Å². The third kappa shape index (κ3) is 3.18. The topological polar surface area (TPSA) is 61.5 Å². The SMILES string of the molecule is CCCOCC(N)(C(=O)OCC)C1CC1. The van der Waals surface area contributed by atoms with Gasteiger partial charge in [-0.25, -0.2) is 4.79 Å². The molecule has 1 fully saturated rings. The van der Waals surface area contributed by atoms with E-state index in [1.165, 1.54) is 0 Å². The standard InChI is InChI=1S/C11H21NO3/c1-3-7-14-8-11(12,9-5-6-9)10(13)15-4-2/h9H,3-8,12H2,1-2H3. The van der Waals surface area contributed by atoms with Crippen LogP contribution in [0.5, 0.6) is 0 Å². The first-order valence-electron chi connectivity index (χ1n) is 5.69. The predicted molar refractivity (Wildman–Crippen MR) is 57.4 cm³/mol. The van der Waals surface area contributed by atoms with Gasteiger partial charge in [-0.15, -0.1) is 0 Å². The fraction of sp³-hybridized carbons (Fsp3) is 0.909. The van der Waals surface area contributed by atoms with Crippen LogP contribution in [0.25, 0.3) is 0 Å². The zero-order chi connectivity index (χ0) is 11.3. The molecular formula is C11H21NO3. The molecule has 0 amide bonds. The molecule has 1 aliphatic carbocycles. The number of hydrogen-bond donors (Lipinski definition) is 1. The number of nitrogens with two attached hydrogens (primary N) is 1. The Morgan fingerprint density at radius 2 is 2.13 bits per heavy atom. The quantitative estimate of drug-likeness (QED) is 0.510. The molecule has 1 aliphatic rings. The second kappa shape index (κ2) is 5.47. The highest BCUT2D eigenvalue weighted by atomic mass is 16.5. The summed E-state index contributed by atoms with van der Waals surface area (Å²) >= 11 is 0. The lowest BCUT2D eigenvalue weighted by Crippen LogP contribution is -2.55. The summed E-state index contributed by atoms with van der Waals surface area (Å²) in [6, 6.07) is 0. The number of carbonyl (C=O) groups excluding carboxylic acids is 1. The molecule has 0 bridgehead atoms. The van der Waals surface area contributed by atoms with Crippen molar-refractivity contribution in [3.63, 3.8) is 0 Å². The molecule has 1 saturated carbocycles. The van der Waals surface area contributed by atoms with E-state index in [2.05, 4.69) is 0 Å². The highest BCUT2D eigenvalue weighted by Crippen LogP contribution is 2.39. The van der Waals surface area contributed by atoms with Crippen LogP contribution in [0.1, 0.15) is 33.1 Å². The molecule has 15 heavy (non-hydrogen) atoms. The normalized spacial score (nSPS) is 19.7. The smallest absolute Gasteiger partial charge is 0.328 e. The Hall–Kier alpha value is -0.610. The van der Waals surface area contributed by atoms with Crippen molar-refractivity contribution in [2.45, 2.75) is 38.6 Å². The van der Waals surface area contributed by atoms with Gasteiger partial charge in [-0.3, -0.25) is 0 Å². The highest BCUT2D eigenvalue weighted by Gasteiger charge is 2.49. The largest absolute Gasteiger partial charge is 0.465 e. The average Bonchev–Trinajstić information content (AvgIpc) is 3.01. The number of hydrogen-bond acceptors (Lipinski definition) is 4. The molecule has 0 saturated heterocycles. The number of esters is 1. The van der Waals surface area contributed by atoms with Crippen molar-refractivity contribution in [2.75, 3.05) is 19.8 Å². The maximum Gasteiger partial charge on any atom is 0.328 e. The van der Waals surface area contributed by atoms with Gasteiger partial charge in [-0.2, -0.15) is 0 Å². The Labute approximate surface area is 91.1 Å². The molecule has 0 radical (unpaired) electrons. The third-order valence-corrected chi connectivity index (χ3v) is 2.65. The summed E-state index contributed by atoms with van der Waals surface area (Å²) in [5.41, 5.74) is 5.16. The lowest BCUT2D eigenvalue weighted by atomic mass is 9.96. The van der Waals surface area contributed by atoms with Crippen molar-refractivity contribution in [3.05, 3.63) is 0 Å². The number of ether oxygens (including phenoxy) is 2. The molecule has 4 heteroatoms. The van der Waals surface area contributed by atoms with Crippen molar-refractivity contribution in [1.29, 1.82) is 0 Å². The van der Waals surface area contributed by atoms with Gasteiger partial charge in [0.15, 0.2) is 0 Å². The van der Waals surface area contributed by atoms with Gasteiger partial charge in [0, 0.05) is 6.61 Å². The fourth-order valence-corrected chi connectivity index (χ4v) is 1.59. The van der Waals surface area contributed by atoms with E-state index < -0.39 is 5.54 Å². The van der Waals surface area contributed by atoms with Gasteiger partial charge in [-0.05, 0) is 32.1 Å². The molecule has 4 nitrogen and oxygen atoms in total. The Kier molecular flexibility index (Phi) is 4.54. The zero-order valence-electron chi connectivity index (χ0n) is 9.62. The Balaban J connectivity index is 2.49. The average molecular weight is 215 g/mol.